The molecular formula is C15H13NO2. The fourth-order valence-electron chi connectivity index (χ4n) is 1.35. The Morgan fingerprint density at radius 2 is 1.50 bits per heavy atom. The molecule has 1 aliphatic rings. The summed E-state index contributed by atoms with van der Waals surface area (Å²) in [6, 6.07) is 7.57. The highest BCUT2D eigenvalue weighted by Gasteiger charge is 1.99. The predicted octanol–water partition coefficient (Wildman–Crippen LogP) is 3.68. The summed E-state index contributed by atoms with van der Waals surface area (Å²) in [5, 5.41) is 3.65. The SMILES string of the molecule is C1=CC=CC=NOOc2ccccc2C=CC=C1. The van der Waals surface area contributed by atoms with E-state index in [1.807, 2.05) is 66.8 Å². The van der Waals surface area contributed by atoms with Crippen molar-refractivity contribution >= 4 is 12.3 Å². The average molecular weight is 239 g/mol. The highest BCUT2D eigenvalue weighted by atomic mass is 17.3. The topological polar surface area (TPSA) is 30.8 Å². The molecule has 0 N–H and O–H groups in total. The molecule has 0 unspecified atom stereocenters. The van der Waals surface area contributed by atoms with Crippen LogP contribution < -0.4 is 4.89 Å². The van der Waals surface area contributed by atoms with E-state index in [0.29, 0.717) is 5.75 Å². The van der Waals surface area contributed by atoms with Crippen molar-refractivity contribution in [1.29, 1.82) is 0 Å². The third-order valence-electron chi connectivity index (χ3n) is 2.18. The van der Waals surface area contributed by atoms with Gasteiger partial charge < -0.3 is 0 Å². The first kappa shape index (κ1) is 11.9. The van der Waals surface area contributed by atoms with Gasteiger partial charge in [0.05, 0.1) is 6.21 Å². The lowest BCUT2D eigenvalue weighted by Crippen LogP contribution is -1.92. The molecule has 0 spiro atoms. The number of oxime groups is 1. The van der Waals surface area contributed by atoms with Crippen LogP contribution in [0.2, 0.25) is 0 Å². The number of para-hydroxylation sites is 1. The molecular weight excluding hydrogens is 226 g/mol. The summed E-state index contributed by atoms with van der Waals surface area (Å²) in [5.74, 6) is 0.621. The van der Waals surface area contributed by atoms with Crippen molar-refractivity contribution in [2.24, 2.45) is 5.16 Å². The van der Waals surface area contributed by atoms with Crippen LogP contribution in [0.4, 0.5) is 0 Å². The second-order valence-electron chi connectivity index (χ2n) is 3.46. The number of benzene rings is 1. The summed E-state index contributed by atoms with van der Waals surface area (Å²) in [6.07, 6.45) is 16.7. The summed E-state index contributed by atoms with van der Waals surface area (Å²) in [4.78, 5) is 9.85. The molecule has 0 bridgehead atoms. The van der Waals surface area contributed by atoms with E-state index in [9.17, 15) is 0 Å². The Kier molecular flexibility index (Phi) is 4.58. The zero-order valence-electron chi connectivity index (χ0n) is 9.77. The number of fused-ring (bicyclic) bond motifs is 1. The van der Waals surface area contributed by atoms with E-state index in [1.165, 1.54) is 6.21 Å². The molecule has 0 radical (unpaired) electrons. The Morgan fingerprint density at radius 1 is 0.778 bits per heavy atom. The maximum Gasteiger partial charge on any atom is 0.188 e. The number of allylic oxidation sites excluding steroid dienone is 7. The minimum atomic E-state index is 0.621. The Labute approximate surface area is 106 Å². The summed E-state index contributed by atoms with van der Waals surface area (Å²) >= 11 is 0. The summed E-state index contributed by atoms with van der Waals surface area (Å²) in [6.45, 7) is 0. The van der Waals surface area contributed by atoms with Gasteiger partial charge in [-0.2, -0.15) is 4.99 Å². The fourth-order valence-corrected chi connectivity index (χ4v) is 1.35. The Hall–Kier alpha value is -2.55. The van der Waals surface area contributed by atoms with Crippen LogP contribution in [0, 0.1) is 0 Å². The van der Waals surface area contributed by atoms with E-state index in [0.717, 1.165) is 5.56 Å². The van der Waals surface area contributed by atoms with Crippen molar-refractivity contribution in [3.63, 3.8) is 0 Å². The normalized spacial score (nSPS) is 14.4. The van der Waals surface area contributed by atoms with Crippen LogP contribution in [0.3, 0.4) is 0 Å². The molecule has 18 heavy (non-hydrogen) atoms. The number of rotatable bonds is 0. The molecule has 1 aromatic carbocycles. The number of hydrogen-bond donors (Lipinski definition) is 0. The molecule has 0 fully saturated rings. The standard InChI is InChI=1S/C15H13NO2/c1-2-4-6-10-14-11-7-8-12-15(14)17-18-16-13-9-5-3-1/h1-13H. The van der Waals surface area contributed by atoms with E-state index in [-0.39, 0.29) is 0 Å². The summed E-state index contributed by atoms with van der Waals surface area (Å²) in [7, 11) is 0. The Morgan fingerprint density at radius 3 is 2.39 bits per heavy atom. The molecule has 1 heterocycles. The van der Waals surface area contributed by atoms with Crippen molar-refractivity contribution in [3.05, 3.63) is 72.4 Å². The van der Waals surface area contributed by atoms with E-state index in [1.54, 1.807) is 6.08 Å². The third-order valence-corrected chi connectivity index (χ3v) is 2.18. The molecule has 0 aliphatic carbocycles. The van der Waals surface area contributed by atoms with Crippen LogP contribution in [0.25, 0.3) is 6.08 Å². The van der Waals surface area contributed by atoms with Gasteiger partial charge in [-0.3, -0.25) is 4.89 Å². The van der Waals surface area contributed by atoms with Crippen molar-refractivity contribution in [2.75, 3.05) is 0 Å². The lowest BCUT2D eigenvalue weighted by Gasteiger charge is -2.03. The zero-order chi connectivity index (χ0) is 12.5. The monoisotopic (exact) mass is 239 g/mol. The third kappa shape index (κ3) is 3.79. The van der Waals surface area contributed by atoms with Crippen LogP contribution >= 0.6 is 0 Å². The highest BCUT2D eigenvalue weighted by molar-refractivity contribution is 5.70. The predicted molar refractivity (Wildman–Crippen MR) is 73.1 cm³/mol. The van der Waals surface area contributed by atoms with Gasteiger partial charge in [0.15, 0.2) is 5.75 Å². The average Bonchev–Trinajstić information content (AvgIpc) is 2.41. The Balaban J connectivity index is 2.23. The molecule has 0 saturated heterocycles. The van der Waals surface area contributed by atoms with Gasteiger partial charge in [-0.25, -0.2) is 0 Å². The highest BCUT2D eigenvalue weighted by Crippen LogP contribution is 2.19. The molecule has 0 aromatic heterocycles. The lowest BCUT2D eigenvalue weighted by atomic mass is 10.2. The van der Waals surface area contributed by atoms with Gasteiger partial charge >= 0.3 is 0 Å². The van der Waals surface area contributed by atoms with Gasteiger partial charge in [0.2, 0.25) is 0 Å². The van der Waals surface area contributed by atoms with Gasteiger partial charge in [0.1, 0.15) is 0 Å². The molecule has 90 valence electrons. The molecule has 3 nitrogen and oxygen atoms in total. The van der Waals surface area contributed by atoms with Gasteiger partial charge in [-0.15, -0.1) is 0 Å². The smallest absolute Gasteiger partial charge is 0.188 e. The number of hydrogen-bond acceptors (Lipinski definition) is 3. The van der Waals surface area contributed by atoms with Crippen LogP contribution in [-0.2, 0) is 4.99 Å². The molecule has 1 aliphatic heterocycles. The van der Waals surface area contributed by atoms with Gasteiger partial charge in [0, 0.05) is 5.56 Å². The molecule has 0 atom stereocenters. The van der Waals surface area contributed by atoms with Crippen molar-refractivity contribution in [1.82, 2.24) is 0 Å². The maximum atomic E-state index is 5.11. The van der Waals surface area contributed by atoms with Crippen LogP contribution in [0.15, 0.2) is 72.0 Å². The molecule has 0 amide bonds. The van der Waals surface area contributed by atoms with Crippen molar-refractivity contribution < 1.29 is 9.88 Å². The second-order valence-corrected chi connectivity index (χ2v) is 3.46. The van der Waals surface area contributed by atoms with Crippen LogP contribution in [0.5, 0.6) is 5.75 Å². The van der Waals surface area contributed by atoms with E-state index in [4.69, 9.17) is 9.88 Å². The number of nitrogens with zero attached hydrogens (tertiary/aromatic N) is 1. The Bertz CT molecular complexity index is 525. The van der Waals surface area contributed by atoms with E-state index >= 15 is 0 Å². The van der Waals surface area contributed by atoms with Gasteiger partial charge in [-0.05, 0) is 17.3 Å². The summed E-state index contributed by atoms with van der Waals surface area (Å²) < 4.78 is 0. The summed E-state index contributed by atoms with van der Waals surface area (Å²) in [5.41, 5.74) is 0.925. The molecule has 1 aromatic rings. The van der Waals surface area contributed by atoms with Crippen LogP contribution in [0.1, 0.15) is 5.56 Å². The first-order valence-electron chi connectivity index (χ1n) is 5.59. The largest absolute Gasteiger partial charge is 0.267 e. The molecule has 0 saturated carbocycles. The maximum absolute atomic E-state index is 5.11. The first-order valence-corrected chi connectivity index (χ1v) is 5.59. The second kappa shape index (κ2) is 6.91. The van der Waals surface area contributed by atoms with Crippen molar-refractivity contribution in [3.8, 4) is 5.75 Å². The fraction of sp³-hybridized carbons (Fsp3) is 0. The van der Waals surface area contributed by atoms with Crippen molar-refractivity contribution in [2.45, 2.75) is 0 Å². The lowest BCUT2D eigenvalue weighted by molar-refractivity contribution is -0.206. The first-order chi connectivity index (χ1) is 8.97. The van der Waals surface area contributed by atoms with E-state index < -0.39 is 0 Å². The quantitative estimate of drug-likeness (QED) is 0.646. The van der Waals surface area contributed by atoms with Gasteiger partial charge in [-0.1, -0.05) is 60.7 Å². The minimum absolute atomic E-state index is 0.621. The molecule has 2 rings (SSSR count). The molecule has 3 heteroatoms. The minimum Gasteiger partial charge on any atom is -0.267 e. The van der Waals surface area contributed by atoms with E-state index in [2.05, 4.69) is 5.16 Å². The zero-order valence-corrected chi connectivity index (χ0v) is 9.77. The van der Waals surface area contributed by atoms with Crippen LogP contribution in [-0.4, -0.2) is 6.21 Å². The van der Waals surface area contributed by atoms with Gasteiger partial charge in [0.25, 0.3) is 0 Å².